The van der Waals surface area contributed by atoms with E-state index in [-0.39, 0.29) is 11.9 Å². The number of methoxy groups -OCH3 is 1. The van der Waals surface area contributed by atoms with Gasteiger partial charge in [-0.1, -0.05) is 29.8 Å². The maximum atomic E-state index is 13.6. The number of nitrogens with one attached hydrogen (secondary N) is 1. The second-order valence-corrected chi connectivity index (χ2v) is 5.47. The SMILES string of the molecule is COc1ccccc1CC(C)NCc1cc(Cl)ccc1F. The predicted molar refractivity (Wildman–Crippen MR) is 84.4 cm³/mol. The van der Waals surface area contributed by atoms with Crippen LogP contribution in [-0.4, -0.2) is 13.2 Å². The van der Waals surface area contributed by atoms with Gasteiger partial charge in [0.1, 0.15) is 11.6 Å². The van der Waals surface area contributed by atoms with Gasteiger partial charge in [0.2, 0.25) is 0 Å². The Kier molecular flexibility index (Phi) is 5.59. The van der Waals surface area contributed by atoms with Crippen molar-refractivity contribution in [2.75, 3.05) is 7.11 Å². The summed E-state index contributed by atoms with van der Waals surface area (Å²) in [4.78, 5) is 0. The van der Waals surface area contributed by atoms with Crippen molar-refractivity contribution in [3.63, 3.8) is 0 Å². The fourth-order valence-electron chi connectivity index (χ4n) is 2.24. The van der Waals surface area contributed by atoms with Crippen LogP contribution in [-0.2, 0) is 13.0 Å². The predicted octanol–water partition coefficient (Wildman–Crippen LogP) is 4.21. The number of rotatable bonds is 6. The van der Waals surface area contributed by atoms with Crippen molar-refractivity contribution < 1.29 is 9.13 Å². The lowest BCUT2D eigenvalue weighted by molar-refractivity contribution is 0.405. The fraction of sp³-hybridized carbons (Fsp3) is 0.294. The van der Waals surface area contributed by atoms with E-state index in [0.29, 0.717) is 17.1 Å². The molecule has 1 N–H and O–H groups in total. The Hall–Kier alpha value is -1.58. The molecule has 0 saturated heterocycles. The van der Waals surface area contributed by atoms with Gasteiger partial charge in [-0.15, -0.1) is 0 Å². The lowest BCUT2D eigenvalue weighted by Crippen LogP contribution is -2.28. The minimum Gasteiger partial charge on any atom is -0.496 e. The monoisotopic (exact) mass is 307 g/mol. The first-order valence-corrected chi connectivity index (χ1v) is 7.27. The van der Waals surface area contributed by atoms with Crippen LogP contribution in [0.15, 0.2) is 42.5 Å². The molecule has 0 aliphatic heterocycles. The highest BCUT2D eigenvalue weighted by Gasteiger charge is 2.09. The summed E-state index contributed by atoms with van der Waals surface area (Å²) in [6.45, 7) is 2.51. The van der Waals surface area contributed by atoms with Crippen molar-refractivity contribution in [2.24, 2.45) is 0 Å². The van der Waals surface area contributed by atoms with Gasteiger partial charge in [0.15, 0.2) is 0 Å². The Balaban J connectivity index is 1.96. The van der Waals surface area contributed by atoms with Gasteiger partial charge in [0.05, 0.1) is 7.11 Å². The van der Waals surface area contributed by atoms with E-state index in [1.807, 2.05) is 24.3 Å². The van der Waals surface area contributed by atoms with Crippen LogP contribution in [0.3, 0.4) is 0 Å². The van der Waals surface area contributed by atoms with E-state index in [9.17, 15) is 4.39 Å². The molecule has 0 bridgehead atoms. The van der Waals surface area contributed by atoms with Gasteiger partial charge in [-0.25, -0.2) is 4.39 Å². The molecule has 112 valence electrons. The number of para-hydroxylation sites is 1. The van der Waals surface area contributed by atoms with Crippen molar-refractivity contribution in [1.82, 2.24) is 5.32 Å². The normalized spacial score (nSPS) is 12.2. The molecule has 0 spiro atoms. The standard InChI is InChI=1S/C17H19ClFNO/c1-12(9-13-5-3-4-6-17(13)21-2)20-11-14-10-15(18)7-8-16(14)19/h3-8,10,12,20H,9,11H2,1-2H3. The Morgan fingerprint density at radius 3 is 2.71 bits per heavy atom. The van der Waals surface area contributed by atoms with Crippen molar-refractivity contribution in [3.05, 3.63) is 64.4 Å². The lowest BCUT2D eigenvalue weighted by atomic mass is 10.1. The molecule has 0 aliphatic rings. The summed E-state index contributed by atoms with van der Waals surface area (Å²) in [6.07, 6.45) is 0.812. The summed E-state index contributed by atoms with van der Waals surface area (Å²) in [5, 5.41) is 3.86. The van der Waals surface area contributed by atoms with E-state index >= 15 is 0 Å². The fourth-order valence-corrected chi connectivity index (χ4v) is 2.43. The number of hydrogen-bond donors (Lipinski definition) is 1. The average Bonchev–Trinajstić information content (AvgIpc) is 2.49. The van der Waals surface area contributed by atoms with Gasteiger partial charge in [0, 0.05) is 23.2 Å². The first-order valence-electron chi connectivity index (χ1n) is 6.89. The van der Waals surface area contributed by atoms with Crippen LogP contribution >= 0.6 is 11.6 Å². The zero-order valence-electron chi connectivity index (χ0n) is 12.2. The quantitative estimate of drug-likeness (QED) is 0.863. The Labute approximate surface area is 129 Å². The molecule has 0 fully saturated rings. The smallest absolute Gasteiger partial charge is 0.127 e. The maximum absolute atomic E-state index is 13.6. The maximum Gasteiger partial charge on any atom is 0.127 e. The van der Waals surface area contributed by atoms with Crippen LogP contribution in [0.25, 0.3) is 0 Å². The van der Waals surface area contributed by atoms with Crippen molar-refractivity contribution in [2.45, 2.75) is 25.9 Å². The molecular weight excluding hydrogens is 289 g/mol. The summed E-state index contributed by atoms with van der Waals surface area (Å²) in [5.74, 6) is 0.636. The van der Waals surface area contributed by atoms with E-state index in [1.54, 1.807) is 19.2 Å². The molecule has 0 amide bonds. The molecule has 2 rings (SSSR count). The van der Waals surface area contributed by atoms with Gasteiger partial charge < -0.3 is 10.1 Å². The highest BCUT2D eigenvalue weighted by molar-refractivity contribution is 6.30. The van der Waals surface area contributed by atoms with E-state index in [4.69, 9.17) is 16.3 Å². The number of halogens is 2. The summed E-state index contributed by atoms with van der Waals surface area (Å²) < 4.78 is 19.0. The van der Waals surface area contributed by atoms with E-state index in [2.05, 4.69) is 12.2 Å². The van der Waals surface area contributed by atoms with Gasteiger partial charge in [0.25, 0.3) is 0 Å². The van der Waals surface area contributed by atoms with Gasteiger partial charge in [-0.3, -0.25) is 0 Å². The number of ether oxygens (including phenoxy) is 1. The largest absolute Gasteiger partial charge is 0.496 e. The van der Waals surface area contributed by atoms with Crippen LogP contribution in [0.1, 0.15) is 18.1 Å². The van der Waals surface area contributed by atoms with Gasteiger partial charge >= 0.3 is 0 Å². The Bertz CT molecular complexity index is 603. The summed E-state index contributed by atoms with van der Waals surface area (Å²) in [5.41, 5.74) is 1.71. The van der Waals surface area contributed by atoms with E-state index in [0.717, 1.165) is 17.7 Å². The summed E-state index contributed by atoms with van der Waals surface area (Å²) >= 11 is 5.89. The van der Waals surface area contributed by atoms with Crippen molar-refractivity contribution >= 4 is 11.6 Å². The van der Waals surface area contributed by atoms with Crippen molar-refractivity contribution in [1.29, 1.82) is 0 Å². The minimum absolute atomic E-state index is 0.194. The molecule has 0 aromatic heterocycles. The highest BCUT2D eigenvalue weighted by Crippen LogP contribution is 2.19. The zero-order chi connectivity index (χ0) is 15.2. The highest BCUT2D eigenvalue weighted by atomic mass is 35.5. The molecule has 0 aliphatic carbocycles. The molecule has 21 heavy (non-hydrogen) atoms. The van der Waals surface area contributed by atoms with Crippen molar-refractivity contribution in [3.8, 4) is 5.75 Å². The van der Waals surface area contributed by atoms with Gasteiger partial charge in [-0.05, 0) is 43.2 Å². The molecular formula is C17H19ClFNO. The van der Waals surface area contributed by atoms with Crippen LogP contribution in [0.5, 0.6) is 5.75 Å². The van der Waals surface area contributed by atoms with Crippen LogP contribution in [0.4, 0.5) is 4.39 Å². The van der Waals surface area contributed by atoms with E-state index in [1.165, 1.54) is 6.07 Å². The lowest BCUT2D eigenvalue weighted by Gasteiger charge is -2.16. The third kappa shape index (κ3) is 4.45. The molecule has 2 nitrogen and oxygen atoms in total. The molecule has 1 unspecified atom stereocenters. The second-order valence-electron chi connectivity index (χ2n) is 5.03. The second kappa shape index (κ2) is 7.43. The first kappa shape index (κ1) is 15.8. The first-order chi connectivity index (χ1) is 10.1. The summed E-state index contributed by atoms with van der Waals surface area (Å²) in [7, 11) is 1.66. The summed E-state index contributed by atoms with van der Waals surface area (Å²) in [6, 6.07) is 12.7. The molecule has 1 atom stereocenters. The Morgan fingerprint density at radius 1 is 1.19 bits per heavy atom. The third-order valence-corrected chi connectivity index (χ3v) is 3.60. The molecule has 4 heteroatoms. The molecule has 0 heterocycles. The van der Waals surface area contributed by atoms with Crippen LogP contribution in [0.2, 0.25) is 5.02 Å². The topological polar surface area (TPSA) is 21.3 Å². The molecule has 0 radical (unpaired) electrons. The van der Waals surface area contributed by atoms with Gasteiger partial charge in [-0.2, -0.15) is 0 Å². The Morgan fingerprint density at radius 2 is 1.95 bits per heavy atom. The minimum atomic E-state index is -0.239. The molecule has 2 aromatic rings. The third-order valence-electron chi connectivity index (χ3n) is 3.37. The zero-order valence-corrected chi connectivity index (χ0v) is 13.0. The average molecular weight is 308 g/mol. The molecule has 2 aromatic carbocycles. The molecule has 0 saturated carbocycles. The van der Waals surface area contributed by atoms with Crippen LogP contribution < -0.4 is 10.1 Å². The number of benzene rings is 2. The number of hydrogen-bond acceptors (Lipinski definition) is 2. The van der Waals surface area contributed by atoms with Crippen LogP contribution in [0, 0.1) is 5.82 Å². The van der Waals surface area contributed by atoms with E-state index < -0.39 is 0 Å².